The maximum absolute atomic E-state index is 9.12. The van der Waals surface area contributed by atoms with Crippen LogP contribution in [0.1, 0.15) is 25.8 Å². The molecule has 0 aliphatic rings. The predicted octanol–water partition coefficient (Wildman–Crippen LogP) is 1.98. The van der Waals surface area contributed by atoms with E-state index in [9.17, 15) is 0 Å². The molecule has 0 amide bonds. The summed E-state index contributed by atoms with van der Waals surface area (Å²) in [5, 5.41) is 12.4. The second-order valence-electron chi connectivity index (χ2n) is 4.18. The quantitative estimate of drug-likeness (QED) is 0.747. The van der Waals surface area contributed by atoms with Gasteiger partial charge in [-0.25, -0.2) is 0 Å². The Balaban J connectivity index is 2.19. The number of aliphatic hydroxyl groups is 1. The van der Waals surface area contributed by atoms with Crippen molar-refractivity contribution < 1.29 is 5.11 Å². The fraction of sp³-hybridized carbons (Fsp3) is 0.538. The van der Waals surface area contributed by atoms with E-state index >= 15 is 0 Å². The highest BCUT2D eigenvalue weighted by Gasteiger charge is 2.03. The summed E-state index contributed by atoms with van der Waals surface area (Å²) in [5.41, 5.74) is 1.38. The monoisotopic (exact) mass is 207 g/mol. The van der Waals surface area contributed by atoms with E-state index in [4.69, 9.17) is 5.11 Å². The molecule has 0 bridgehead atoms. The number of aryl methyl sites for hydroxylation is 1. The highest BCUT2D eigenvalue weighted by Crippen LogP contribution is 2.04. The molecule has 0 heterocycles. The Morgan fingerprint density at radius 2 is 1.87 bits per heavy atom. The van der Waals surface area contributed by atoms with Gasteiger partial charge in [0.15, 0.2) is 0 Å². The molecule has 0 aliphatic carbocycles. The summed E-state index contributed by atoms with van der Waals surface area (Å²) in [7, 11) is 0. The van der Waals surface area contributed by atoms with Crippen LogP contribution in [-0.4, -0.2) is 23.8 Å². The SMILES string of the molecule is C[C@@H](O)CN[C@@H](C)CCc1ccccc1. The first-order valence-corrected chi connectivity index (χ1v) is 5.64. The summed E-state index contributed by atoms with van der Waals surface area (Å²) in [4.78, 5) is 0. The van der Waals surface area contributed by atoms with Gasteiger partial charge in [-0.2, -0.15) is 0 Å². The zero-order valence-corrected chi connectivity index (χ0v) is 9.61. The van der Waals surface area contributed by atoms with Crippen LogP contribution in [0, 0.1) is 0 Å². The molecule has 0 radical (unpaired) electrons. The maximum atomic E-state index is 9.12. The number of hydrogen-bond donors (Lipinski definition) is 2. The van der Waals surface area contributed by atoms with Crippen LogP contribution < -0.4 is 5.32 Å². The Kier molecular flexibility index (Phi) is 5.37. The zero-order valence-electron chi connectivity index (χ0n) is 9.61. The van der Waals surface area contributed by atoms with E-state index in [0.29, 0.717) is 12.6 Å². The lowest BCUT2D eigenvalue weighted by Crippen LogP contribution is -2.32. The van der Waals surface area contributed by atoms with Crippen molar-refractivity contribution in [3.63, 3.8) is 0 Å². The first-order chi connectivity index (χ1) is 7.18. The molecular weight excluding hydrogens is 186 g/mol. The molecule has 2 heteroatoms. The van der Waals surface area contributed by atoms with Crippen molar-refractivity contribution in [3.05, 3.63) is 35.9 Å². The fourth-order valence-electron chi connectivity index (χ4n) is 1.50. The predicted molar refractivity (Wildman–Crippen MR) is 63.9 cm³/mol. The van der Waals surface area contributed by atoms with Crippen LogP contribution in [0.4, 0.5) is 0 Å². The van der Waals surface area contributed by atoms with Crippen molar-refractivity contribution in [2.75, 3.05) is 6.54 Å². The van der Waals surface area contributed by atoms with Crippen LogP contribution in [0.3, 0.4) is 0 Å². The highest BCUT2D eigenvalue weighted by atomic mass is 16.3. The third kappa shape index (κ3) is 5.55. The number of aliphatic hydroxyl groups excluding tert-OH is 1. The Labute approximate surface area is 92.3 Å². The zero-order chi connectivity index (χ0) is 11.1. The number of nitrogens with one attached hydrogen (secondary N) is 1. The Morgan fingerprint density at radius 3 is 2.47 bits per heavy atom. The van der Waals surface area contributed by atoms with Gasteiger partial charge in [0.2, 0.25) is 0 Å². The lowest BCUT2D eigenvalue weighted by molar-refractivity contribution is 0.186. The average Bonchev–Trinajstić information content (AvgIpc) is 2.25. The van der Waals surface area contributed by atoms with E-state index in [0.717, 1.165) is 12.8 Å². The van der Waals surface area contributed by atoms with E-state index in [-0.39, 0.29) is 6.10 Å². The molecule has 1 aromatic rings. The molecule has 1 rings (SSSR count). The third-order valence-corrected chi connectivity index (χ3v) is 2.47. The fourth-order valence-corrected chi connectivity index (χ4v) is 1.50. The first-order valence-electron chi connectivity index (χ1n) is 5.64. The Bertz CT molecular complexity index is 258. The molecule has 0 saturated carbocycles. The Hall–Kier alpha value is -0.860. The van der Waals surface area contributed by atoms with Gasteiger partial charge < -0.3 is 10.4 Å². The second-order valence-corrected chi connectivity index (χ2v) is 4.18. The van der Waals surface area contributed by atoms with E-state index in [1.54, 1.807) is 6.92 Å². The smallest absolute Gasteiger partial charge is 0.0636 e. The minimum atomic E-state index is -0.260. The minimum absolute atomic E-state index is 0.260. The lowest BCUT2D eigenvalue weighted by atomic mass is 10.1. The molecule has 0 fully saturated rings. The molecule has 2 N–H and O–H groups in total. The molecule has 2 nitrogen and oxygen atoms in total. The van der Waals surface area contributed by atoms with Crippen molar-refractivity contribution in [2.24, 2.45) is 0 Å². The van der Waals surface area contributed by atoms with Gasteiger partial charge in [-0.1, -0.05) is 30.3 Å². The first kappa shape index (κ1) is 12.2. The molecule has 15 heavy (non-hydrogen) atoms. The maximum Gasteiger partial charge on any atom is 0.0636 e. The van der Waals surface area contributed by atoms with Gasteiger partial charge in [0.25, 0.3) is 0 Å². The molecule has 0 aromatic heterocycles. The van der Waals surface area contributed by atoms with Crippen molar-refractivity contribution in [3.8, 4) is 0 Å². The van der Waals surface area contributed by atoms with Gasteiger partial charge in [-0.3, -0.25) is 0 Å². The topological polar surface area (TPSA) is 32.3 Å². The highest BCUT2D eigenvalue weighted by molar-refractivity contribution is 5.14. The molecule has 0 aliphatic heterocycles. The van der Waals surface area contributed by atoms with Crippen molar-refractivity contribution in [1.82, 2.24) is 5.32 Å². The molecule has 2 atom stereocenters. The summed E-state index contributed by atoms with van der Waals surface area (Å²) >= 11 is 0. The summed E-state index contributed by atoms with van der Waals surface area (Å²) < 4.78 is 0. The molecule has 1 aromatic carbocycles. The Morgan fingerprint density at radius 1 is 1.20 bits per heavy atom. The van der Waals surface area contributed by atoms with Crippen LogP contribution >= 0.6 is 0 Å². The van der Waals surface area contributed by atoms with Crippen LogP contribution in [0.25, 0.3) is 0 Å². The molecule has 0 spiro atoms. The van der Waals surface area contributed by atoms with Crippen LogP contribution in [0.2, 0.25) is 0 Å². The van der Waals surface area contributed by atoms with Gasteiger partial charge >= 0.3 is 0 Å². The van der Waals surface area contributed by atoms with Gasteiger partial charge in [0, 0.05) is 12.6 Å². The molecule has 0 saturated heterocycles. The van der Waals surface area contributed by atoms with Crippen LogP contribution in [0.15, 0.2) is 30.3 Å². The van der Waals surface area contributed by atoms with E-state index in [2.05, 4.69) is 36.5 Å². The van der Waals surface area contributed by atoms with Gasteiger partial charge in [0.1, 0.15) is 0 Å². The van der Waals surface area contributed by atoms with Gasteiger partial charge in [-0.15, -0.1) is 0 Å². The normalized spacial score (nSPS) is 14.9. The summed E-state index contributed by atoms with van der Waals surface area (Å²) in [6.07, 6.45) is 1.94. The number of rotatable bonds is 6. The van der Waals surface area contributed by atoms with Crippen molar-refractivity contribution in [1.29, 1.82) is 0 Å². The average molecular weight is 207 g/mol. The van der Waals surface area contributed by atoms with E-state index in [1.165, 1.54) is 5.56 Å². The van der Waals surface area contributed by atoms with Crippen LogP contribution in [-0.2, 0) is 6.42 Å². The summed E-state index contributed by atoms with van der Waals surface area (Å²) in [5.74, 6) is 0. The second kappa shape index (κ2) is 6.59. The largest absolute Gasteiger partial charge is 0.392 e. The standard InChI is InChI=1S/C13H21NO/c1-11(14-10-12(2)15)8-9-13-6-4-3-5-7-13/h3-7,11-12,14-15H,8-10H2,1-2H3/t11-,12+/m0/s1. The van der Waals surface area contributed by atoms with Gasteiger partial charge in [-0.05, 0) is 32.3 Å². The summed E-state index contributed by atoms with van der Waals surface area (Å²) in [6, 6.07) is 11.0. The molecule has 0 unspecified atom stereocenters. The molecule has 84 valence electrons. The summed E-state index contributed by atoms with van der Waals surface area (Å²) in [6.45, 7) is 4.64. The minimum Gasteiger partial charge on any atom is -0.392 e. The van der Waals surface area contributed by atoms with Crippen molar-refractivity contribution in [2.45, 2.75) is 38.8 Å². The van der Waals surface area contributed by atoms with E-state index < -0.39 is 0 Å². The molecular formula is C13H21NO. The third-order valence-electron chi connectivity index (χ3n) is 2.47. The van der Waals surface area contributed by atoms with Crippen LogP contribution in [0.5, 0.6) is 0 Å². The van der Waals surface area contributed by atoms with Crippen molar-refractivity contribution >= 4 is 0 Å². The number of benzene rings is 1. The van der Waals surface area contributed by atoms with Gasteiger partial charge in [0.05, 0.1) is 6.10 Å². The lowest BCUT2D eigenvalue weighted by Gasteiger charge is -2.14. The van der Waals surface area contributed by atoms with E-state index in [1.807, 2.05) is 6.07 Å². The number of hydrogen-bond acceptors (Lipinski definition) is 2.